The largest absolute Gasteiger partial charge is 0.340 e. The summed E-state index contributed by atoms with van der Waals surface area (Å²) >= 11 is 0. The van der Waals surface area contributed by atoms with Crippen molar-refractivity contribution in [3.8, 4) is 0 Å². The van der Waals surface area contributed by atoms with Gasteiger partial charge in [-0.2, -0.15) is 5.10 Å². The maximum Gasteiger partial charge on any atom is 0.227 e. The standard InChI is InChI=1S/C20H30N4O2/c1-13-18(14(2)22-21-13)8-9-19(25)23-11-16-6-7-17(12-23)24(20(16)26)10-15-4-3-5-15/h15-17H,3-12H2,1-2H3,(H,21,22)/t16-,17+/m1/s1. The number of fused-ring (bicyclic) bond motifs is 4. The van der Waals surface area contributed by atoms with E-state index < -0.39 is 0 Å². The quantitative estimate of drug-likeness (QED) is 0.877. The molecule has 4 aliphatic rings. The van der Waals surface area contributed by atoms with Crippen molar-refractivity contribution in [1.29, 1.82) is 0 Å². The second-order valence-corrected chi connectivity index (χ2v) is 8.43. The van der Waals surface area contributed by atoms with E-state index >= 15 is 0 Å². The maximum absolute atomic E-state index is 12.9. The lowest BCUT2D eigenvalue weighted by Crippen LogP contribution is -2.50. The Balaban J connectivity index is 1.40. The number of nitrogens with zero attached hydrogens (tertiary/aromatic N) is 3. The summed E-state index contributed by atoms with van der Waals surface area (Å²) in [4.78, 5) is 29.8. The van der Waals surface area contributed by atoms with E-state index in [1.54, 1.807) is 0 Å². The first-order valence-corrected chi connectivity index (χ1v) is 10.1. The number of nitrogens with one attached hydrogen (secondary N) is 1. The van der Waals surface area contributed by atoms with Crippen LogP contribution in [0.2, 0.25) is 0 Å². The number of H-pyrrole nitrogens is 1. The number of carbonyl (C=O) groups excluding carboxylic acids is 2. The summed E-state index contributed by atoms with van der Waals surface area (Å²) in [5.41, 5.74) is 3.18. The Labute approximate surface area is 155 Å². The molecule has 2 atom stereocenters. The van der Waals surface area contributed by atoms with E-state index in [0.29, 0.717) is 24.8 Å². The van der Waals surface area contributed by atoms with Crippen molar-refractivity contribution in [3.63, 3.8) is 0 Å². The van der Waals surface area contributed by atoms with Crippen molar-refractivity contribution in [3.05, 3.63) is 17.0 Å². The highest BCUT2D eigenvalue weighted by atomic mass is 16.2. The van der Waals surface area contributed by atoms with Gasteiger partial charge in [0, 0.05) is 37.8 Å². The van der Waals surface area contributed by atoms with Gasteiger partial charge in [0.25, 0.3) is 0 Å². The summed E-state index contributed by atoms with van der Waals surface area (Å²) in [7, 11) is 0. The average Bonchev–Trinajstić information content (AvgIpc) is 2.76. The van der Waals surface area contributed by atoms with Crippen LogP contribution in [0.4, 0.5) is 0 Å². The molecule has 1 N–H and O–H groups in total. The van der Waals surface area contributed by atoms with Crippen molar-refractivity contribution in [1.82, 2.24) is 20.0 Å². The second-order valence-electron chi connectivity index (χ2n) is 8.43. The summed E-state index contributed by atoms with van der Waals surface area (Å²) in [5.74, 6) is 1.18. The Morgan fingerprint density at radius 2 is 2.00 bits per heavy atom. The van der Waals surface area contributed by atoms with Crippen LogP contribution in [0.25, 0.3) is 0 Å². The minimum atomic E-state index is 0.00942. The van der Waals surface area contributed by atoms with Crippen LogP contribution in [0, 0.1) is 25.7 Å². The van der Waals surface area contributed by atoms with Crippen molar-refractivity contribution in [2.24, 2.45) is 11.8 Å². The monoisotopic (exact) mass is 358 g/mol. The Morgan fingerprint density at radius 1 is 1.19 bits per heavy atom. The first kappa shape index (κ1) is 17.6. The lowest BCUT2D eigenvalue weighted by Gasteiger charge is -2.40. The molecule has 1 aromatic heterocycles. The number of amides is 2. The first-order valence-electron chi connectivity index (χ1n) is 10.1. The van der Waals surface area contributed by atoms with E-state index in [1.165, 1.54) is 19.3 Å². The van der Waals surface area contributed by atoms with Gasteiger partial charge in [-0.1, -0.05) is 6.42 Å². The van der Waals surface area contributed by atoms with Crippen molar-refractivity contribution in [2.75, 3.05) is 19.6 Å². The second kappa shape index (κ2) is 7.05. The van der Waals surface area contributed by atoms with Crippen molar-refractivity contribution in [2.45, 2.75) is 64.8 Å². The van der Waals surface area contributed by atoms with Crippen LogP contribution in [0.15, 0.2) is 0 Å². The lowest BCUT2D eigenvalue weighted by atomic mass is 9.83. The summed E-state index contributed by atoms with van der Waals surface area (Å²) in [5, 5.41) is 7.20. The molecular formula is C20H30N4O2. The molecule has 0 unspecified atom stereocenters. The van der Waals surface area contributed by atoms with Gasteiger partial charge in [0.05, 0.1) is 11.6 Å². The smallest absolute Gasteiger partial charge is 0.227 e. The maximum atomic E-state index is 12.9. The molecule has 3 saturated heterocycles. The molecule has 0 spiro atoms. The van der Waals surface area contributed by atoms with Crippen LogP contribution in [0.1, 0.15) is 55.5 Å². The van der Waals surface area contributed by atoms with Crippen LogP contribution in [-0.2, 0) is 16.0 Å². The zero-order valence-electron chi connectivity index (χ0n) is 16.0. The average molecular weight is 358 g/mol. The van der Waals surface area contributed by atoms with Gasteiger partial charge in [-0.3, -0.25) is 14.7 Å². The minimum Gasteiger partial charge on any atom is -0.340 e. The third kappa shape index (κ3) is 3.26. The Morgan fingerprint density at radius 3 is 2.65 bits per heavy atom. The molecular weight excluding hydrogens is 328 g/mol. The molecule has 0 aromatic carbocycles. The molecule has 2 amide bonds. The molecule has 1 aliphatic carbocycles. The van der Waals surface area contributed by atoms with E-state index in [4.69, 9.17) is 0 Å². The van der Waals surface area contributed by atoms with E-state index in [2.05, 4.69) is 15.1 Å². The first-order chi connectivity index (χ1) is 12.5. The highest BCUT2D eigenvalue weighted by Gasteiger charge is 2.42. The fraction of sp³-hybridized carbons (Fsp3) is 0.750. The minimum absolute atomic E-state index is 0.00942. The highest BCUT2D eigenvalue weighted by molar-refractivity contribution is 5.83. The summed E-state index contributed by atoms with van der Waals surface area (Å²) in [6.07, 6.45) is 7.02. The number of aryl methyl sites for hydroxylation is 2. The van der Waals surface area contributed by atoms with Crippen molar-refractivity contribution >= 4 is 11.8 Å². The fourth-order valence-electron chi connectivity index (χ4n) is 4.77. The normalized spacial score (nSPS) is 26.2. The number of piperidine rings is 1. The lowest BCUT2D eigenvalue weighted by molar-refractivity contribution is -0.141. The van der Waals surface area contributed by atoms with Gasteiger partial charge < -0.3 is 9.80 Å². The van der Waals surface area contributed by atoms with Gasteiger partial charge >= 0.3 is 0 Å². The molecule has 1 saturated carbocycles. The van der Waals surface area contributed by atoms with Gasteiger partial charge in [-0.15, -0.1) is 0 Å². The van der Waals surface area contributed by atoms with Crippen LogP contribution in [0.5, 0.6) is 0 Å². The van der Waals surface area contributed by atoms with Crippen molar-refractivity contribution < 1.29 is 9.59 Å². The summed E-state index contributed by atoms with van der Waals surface area (Å²) in [6, 6.07) is 0.225. The van der Waals surface area contributed by atoms with Gasteiger partial charge in [-0.25, -0.2) is 0 Å². The van der Waals surface area contributed by atoms with Gasteiger partial charge in [0.2, 0.25) is 11.8 Å². The number of carbonyl (C=O) groups is 2. The Hall–Kier alpha value is -1.85. The summed E-state index contributed by atoms with van der Waals surface area (Å²) in [6.45, 7) is 6.22. The molecule has 6 heteroatoms. The van der Waals surface area contributed by atoms with Crippen LogP contribution in [0.3, 0.4) is 0 Å². The molecule has 26 heavy (non-hydrogen) atoms. The SMILES string of the molecule is Cc1n[nH]c(C)c1CCC(=O)N1C[C@H]2CC[C@@H](C1)N(CC1CCC1)C2=O. The number of rotatable bonds is 5. The van der Waals surface area contributed by atoms with E-state index in [0.717, 1.165) is 49.3 Å². The third-order valence-electron chi connectivity index (χ3n) is 6.70. The predicted octanol–water partition coefficient (Wildman–Crippen LogP) is 2.21. The molecule has 3 aliphatic heterocycles. The number of aromatic amines is 1. The topological polar surface area (TPSA) is 69.3 Å². The zero-order valence-corrected chi connectivity index (χ0v) is 16.0. The van der Waals surface area contributed by atoms with Gasteiger partial charge in [0.15, 0.2) is 0 Å². The molecule has 4 fully saturated rings. The molecule has 5 rings (SSSR count). The number of hydrogen-bond acceptors (Lipinski definition) is 3. The molecule has 1 aromatic rings. The van der Waals surface area contributed by atoms with Crippen LogP contribution in [-0.4, -0.2) is 57.5 Å². The molecule has 0 radical (unpaired) electrons. The third-order valence-corrected chi connectivity index (χ3v) is 6.70. The van der Waals surface area contributed by atoms with E-state index in [-0.39, 0.29) is 17.9 Å². The molecule has 2 bridgehead atoms. The Kier molecular flexibility index (Phi) is 4.76. The molecule has 4 heterocycles. The fourth-order valence-corrected chi connectivity index (χ4v) is 4.77. The van der Waals surface area contributed by atoms with Gasteiger partial charge in [-0.05, 0) is 57.4 Å². The van der Waals surface area contributed by atoms with E-state index in [1.807, 2.05) is 18.7 Å². The zero-order chi connectivity index (χ0) is 18.3. The highest BCUT2D eigenvalue weighted by Crippen LogP contribution is 2.34. The van der Waals surface area contributed by atoms with Gasteiger partial charge in [0.1, 0.15) is 0 Å². The Bertz CT molecular complexity index is 674. The molecule has 6 nitrogen and oxygen atoms in total. The van der Waals surface area contributed by atoms with E-state index in [9.17, 15) is 9.59 Å². The van der Waals surface area contributed by atoms with Crippen LogP contribution < -0.4 is 0 Å². The van der Waals surface area contributed by atoms with Crippen LogP contribution >= 0.6 is 0 Å². The number of hydrogen-bond donors (Lipinski definition) is 1. The predicted molar refractivity (Wildman–Crippen MR) is 98.5 cm³/mol. The molecule has 142 valence electrons. The summed E-state index contributed by atoms with van der Waals surface area (Å²) < 4.78 is 0. The number of aromatic nitrogens is 2.